The number of hydrogen-bond acceptors (Lipinski definition) is 5. The minimum Gasteiger partial charge on any atom is -0.478 e. The average molecular weight is 570 g/mol. The highest BCUT2D eigenvalue weighted by Gasteiger charge is 2.59. The maximum atomic E-state index is 14.8. The number of nitrogens with zero attached hydrogens (tertiary/aromatic N) is 1. The second-order valence-electron chi connectivity index (χ2n) is 8.96. The Labute approximate surface area is 224 Å². The molecule has 1 aliphatic heterocycles. The number of methoxy groups -OCH3 is 1. The number of fused-ring (bicyclic) bond motifs is 1. The summed E-state index contributed by atoms with van der Waals surface area (Å²) in [4.78, 5) is 24.6. The van der Waals surface area contributed by atoms with Crippen LogP contribution in [0, 0.1) is 11.6 Å². The van der Waals surface area contributed by atoms with E-state index < -0.39 is 59.1 Å². The van der Waals surface area contributed by atoms with Gasteiger partial charge in [-0.3, -0.25) is 4.79 Å². The zero-order chi connectivity index (χ0) is 28.9. The second-order valence-corrected chi connectivity index (χ2v) is 9.36. The van der Waals surface area contributed by atoms with Gasteiger partial charge in [0.2, 0.25) is 0 Å². The molecule has 1 aliphatic rings. The Morgan fingerprint density at radius 1 is 1.08 bits per heavy atom. The topological polar surface area (TPSA) is 76.1 Å². The molecule has 12 heteroatoms. The number of hydrogen-bond donors (Lipinski definition) is 1. The molecule has 1 heterocycles. The van der Waals surface area contributed by atoms with E-state index in [2.05, 4.69) is 4.74 Å². The van der Waals surface area contributed by atoms with Crippen LogP contribution < -0.4 is 9.64 Å². The number of esters is 1. The van der Waals surface area contributed by atoms with Gasteiger partial charge in [-0.1, -0.05) is 36.7 Å². The fourth-order valence-electron chi connectivity index (χ4n) is 4.47. The van der Waals surface area contributed by atoms with Crippen molar-refractivity contribution < 1.29 is 46.1 Å². The molecule has 0 fully saturated rings. The van der Waals surface area contributed by atoms with Crippen molar-refractivity contribution >= 4 is 29.2 Å². The van der Waals surface area contributed by atoms with Crippen LogP contribution in [0.25, 0.3) is 11.1 Å². The Kier molecular flexibility index (Phi) is 7.35. The summed E-state index contributed by atoms with van der Waals surface area (Å²) in [5.74, 6) is -5.73. The van der Waals surface area contributed by atoms with Crippen LogP contribution in [0.5, 0.6) is 5.75 Å². The third kappa shape index (κ3) is 4.80. The molecular weight excluding hydrogens is 549 g/mol. The molecule has 0 radical (unpaired) electrons. The van der Waals surface area contributed by atoms with Crippen LogP contribution in [0.2, 0.25) is 5.02 Å². The van der Waals surface area contributed by atoms with E-state index in [1.54, 1.807) is 0 Å². The number of ether oxygens (including phenoxy) is 2. The van der Waals surface area contributed by atoms with Crippen LogP contribution in [0.3, 0.4) is 0 Å². The monoisotopic (exact) mass is 569 g/mol. The van der Waals surface area contributed by atoms with Crippen molar-refractivity contribution in [3.63, 3.8) is 0 Å². The highest BCUT2D eigenvalue weighted by atomic mass is 35.5. The first-order chi connectivity index (χ1) is 18.2. The summed E-state index contributed by atoms with van der Waals surface area (Å²) in [5, 5.41) is 11.0. The highest BCUT2D eigenvalue weighted by Crippen LogP contribution is 2.52. The number of likely N-dealkylation sites (N-methyl/N-ethyl adjacent to an activating group) is 1. The van der Waals surface area contributed by atoms with Gasteiger partial charge >= 0.3 is 12.1 Å². The largest absolute Gasteiger partial charge is 0.478 e. The molecule has 3 aromatic carbocycles. The normalized spacial score (nSPS) is 15.7. The number of alkyl halides is 3. The van der Waals surface area contributed by atoms with Gasteiger partial charge < -0.3 is 19.5 Å². The molecule has 0 aliphatic carbocycles. The number of carbonyl (C=O) groups is 2. The van der Waals surface area contributed by atoms with Gasteiger partial charge in [0.15, 0.2) is 23.8 Å². The van der Waals surface area contributed by atoms with Gasteiger partial charge in [-0.15, -0.1) is 0 Å². The third-order valence-electron chi connectivity index (χ3n) is 6.77. The smallest absolute Gasteiger partial charge is 0.422 e. The van der Waals surface area contributed by atoms with Crippen LogP contribution in [-0.4, -0.2) is 43.9 Å². The van der Waals surface area contributed by atoms with Gasteiger partial charge in [0.1, 0.15) is 5.82 Å². The van der Waals surface area contributed by atoms with Crippen LogP contribution in [0.4, 0.5) is 27.6 Å². The number of rotatable bonds is 5. The molecule has 0 bridgehead atoms. The fraction of sp³-hybridized carbons (Fsp3) is 0.259. The summed E-state index contributed by atoms with van der Waals surface area (Å²) in [5.41, 5.74) is -4.60. The van der Waals surface area contributed by atoms with Gasteiger partial charge in [-0.05, 0) is 52.6 Å². The molecule has 2 atom stereocenters. The van der Waals surface area contributed by atoms with Crippen molar-refractivity contribution in [2.75, 3.05) is 25.7 Å². The predicted molar refractivity (Wildman–Crippen MR) is 132 cm³/mol. The number of halogens is 6. The molecular formula is C27H21ClF5NO5. The molecule has 1 amide bonds. The Balaban J connectivity index is 1.78. The van der Waals surface area contributed by atoms with Crippen LogP contribution in [-0.2, 0) is 15.1 Å². The highest BCUT2D eigenvalue weighted by molar-refractivity contribution is 6.31. The fourth-order valence-corrected chi connectivity index (χ4v) is 4.81. The minimum absolute atomic E-state index is 0.134. The predicted octanol–water partition coefficient (Wildman–Crippen LogP) is 5.98. The zero-order valence-corrected chi connectivity index (χ0v) is 21.5. The molecule has 206 valence electrons. The summed E-state index contributed by atoms with van der Waals surface area (Å²) in [6, 6.07) is 8.90. The number of benzene rings is 3. The van der Waals surface area contributed by atoms with Crippen molar-refractivity contribution in [3.8, 4) is 16.9 Å². The van der Waals surface area contributed by atoms with E-state index in [9.17, 15) is 36.6 Å². The van der Waals surface area contributed by atoms with Crippen molar-refractivity contribution in [3.05, 3.63) is 81.9 Å². The molecule has 3 aromatic rings. The average Bonchev–Trinajstić information content (AvgIpc) is 2.88. The number of anilines is 1. The molecule has 6 nitrogen and oxygen atoms in total. The molecule has 0 saturated carbocycles. The molecule has 4 rings (SSSR count). The molecule has 0 spiro atoms. The summed E-state index contributed by atoms with van der Waals surface area (Å²) < 4.78 is 82.3. The Hall–Kier alpha value is -3.70. The second kappa shape index (κ2) is 10.1. The van der Waals surface area contributed by atoms with Gasteiger partial charge in [0.05, 0.1) is 18.4 Å². The third-order valence-corrected chi connectivity index (χ3v) is 7.10. The molecule has 0 saturated heterocycles. The SMILES string of the molecule is COC(=O)c1ccc(-c2ccc([C@H](C)[C@](O)(c3cc(F)c4c(c3)N(C)C(=O)CO4)C(F)(F)F)c(Cl)c2)cc1F. The summed E-state index contributed by atoms with van der Waals surface area (Å²) >= 11 is 6.36. The van der Waals surface area contributed by atoms with Gasteiger partial charge in [0.25, 0.3) is 5.91 Å². The lowest BCUT2D eigenvalue weighted by molar-refractivity contribution is -0.274. The standard InChI is InChI=1S/C27H21ClF5NO5/c1-13(17-6-4-14(8-19(17)28)15-5-7-18(20(29)9-15)25(36)38-3)26(37,27(31,32)33)16-10-21(30)24-22(11-16)34(2)23(35)12-39-24/h4-11,13,37H,12H2,1-3H3/t13-,26-/m0/s1. The van der Waals surface area contributed by atoms with Crippen molar-refractivity contribution in [2.45, 2.75) is 24.6 Å². The van der Waals surface area contributed by atoms with Gasteiger partial charge in [0, 0.05) is 18.0 Å². The number of amides is 1. The molecule has 0 aromatic heterocycles. The molecule has 0 unspecified atom stereocenters. The lowest BCUT2D eigenvalue weighted by Crippen LogP contribution is -2.47. The van der Waals surface area contributed by atoms with E-state index in [-0.39, 0.29) is 27.4 Å². The van der Waals surface area contributed by atoms with Crippen molar-refractivity contribution in [2.24, 2.45) is 0 Å². The van der Waals surface area contributed by atoms with Crippen LogP contribution >= 0.6 is 11.6 Å². The van der Waals surface area contributed by atoms with E-state index in [1.165, 1.54) is 37.4 Å². The van der Waals surface area contributed by atoms with E-state index in [1.807, 2.05) is 0 Å². The Bertz CT molecular complexity index is 1480. The summed E-state index contributed by atoms with van der Waals surface area (Å²) in [7, 11) is 2.35. The minimum atomic E-state index is -5.31. The first-order valence-electron chi connectivity index (χ1n) is 11.4. The van der Waals surface area contributed by atoms with Crippen molar-refractivity contribution in [1.29, 1.82) is 0 Å². The van der Waals surface area contributed by atoms with Crippen molar-refractivity contribution in [1.82, 2.24) is 0 Å². The van der Waals surface area contributed by atoms with Crippen LogP contribution in [0.1, 0.15) is 34.3 Å². The zero-order valence-electron chi connectivity index (χ0n) is 20.7. The van der Waals surface area contributed by atoms with Gasteiger partial charge in [-0.2, -0.15) is 13.2 Å². The summed E-state index contributed by atoms with van der Waals surface area (Å²) in [6.07, 6.45) is -5.31. The van der Waals surface area contributed by atoms with E-state index in [0.717, 1.165) is 31.1 Å². The molecule has 1 N–H and O–H groups in total. The first kappa shape index (κ1) is 28.3. The van der Waals surface area contributed by atoms with E-state index >= 15 is 0 Å². The lowest BCUT2D eigenvalue weighted by atomic mass is 9.77. The quantitative estimate of drug-likeness (QED) is 0.302. The lowest BCUT2D eigenvalue weighted by Gasteiger charge is -2.38. The van der Waals surface area contributed by atoms with Crippen LogP contribution in [0.15, 0.2) is 48.5 Å². The maximum Gasteiger partial charge on any atom is 0.422 e. The maximum absolute atomic E-state index is 14.8. The number of aliphatic hydroxyl groups is 1. The van der Waals surface area contributed by atoms with E-state index in [4.69, 9.17) is 16.3 Å². The first-order valence-corrected chi connectivity index (χ1v) is 11.8. The number of carbonyl (C=O) groups excluding carboxylic acids is 2. The summed E-state index contributed by atoms with van der Waals surface area (Å²) in [6.45, 7) is 0.582. The van der Waals surface area contributed by atoms with E-state index in [0.29, 0.717) is 11.6 Å². The molecule has 39 heavy (non-hydrogen) atoms. The Morgan fingerprint density at radius 3 is 2.31 bits per heavy atom. The Morgan fingerprint density at radius 2 is 1.72 bits per heavy atom. The van der Waals surface area contributed by atoms with Gasteiger partial charge in [-0.25, -0.2) is 13.6 Å².